The van der Waals surface area contributed by atoms with Crippen LogP contribution >= 0.6 is 0 Å². The molecule has 0 bridgehead atoms. The molecule has 70 valence electrons. The van der Waals surface area contributed by atoms with Gasteiger partial charge in [0.2, 0.25) is 0 Å². The second-order valence-corrected chi connectivity index (χ2v) is 5.20. The van der Waals surface area contributed by atoms with E-state index in [9.17, 15) is 0 Å². The Hall–Kier alpha value is -0.0400. The van der Waals surface area contributed by atoms with E-state index in [2.05, 4.69) is 33.1 Å². The van der Waals surface area contributed by atoms with Crippen LogP contribution in [-0.4, -0.2) is 12.6 Å². The molecule has 0 aliphatic heterocycles. The number of nitrogens with one attached hydrogen (secondary N) is 1. The third-order valence-electron chi connectivity index (χ3n) is 4.95. The minimum absolute atomic E-state index is 0.423. The molecule has 12 heavy (non-hydrogen) atoms. The first-order valence-corrected chi connectivity index (χ1v) is 5.25. The molecule has 1 nitrogen and oxygen atoms in total. The van der Waals surface area contributed by atoms with Crippen LogP contribution in [0.2, 0.25) is 0 Å². The van der Waals surface area contributed by atoms with E-state index in [-0.39, 0.29) is 0 Å². The third-order valence-corrected chi connectivity index (χ3v) is 4.95. The molecule has 0 saturated heterocycles. The molecule has 1 unspecified atom stereocenters. The molecule has 0 heterocycles. The molecule has 1 N–H and O–H groups in total. The Morgan fingerprint density at radius 2 is 1.83 bits per heavy atom. The molecular weight excluding hydrogens is 146 g/mol. The van der Waals surface area contributed by atoms with Crippen LogP contribution in [-0.2, 0) is 0 Å². The van der Waals surface area contributed by atoms with Crippen LogP contribution in [0.4, 0.5) is 0 Å². The maximum Gasteiger partial charge on any atom is 0.0234 e. The molecule has 0 aromatic carbocycles. The predicted octanol–water partition coefficient (Wildman–Crippen LogP) is 2.42. The van der Waals surface area contributed by atoms with Gasteiger partial charge in [0.05, 0.1) is 0 Å². The van der Waals surface area contributed by atoms with Gasteiger partial charge in [-0.3, -0.25) is 0 Å². The standard InChI is InChI=1S/C11H21N/c1-8-7-11(5-6-11)10(3,12-4)9(8)2/h8-9,12H,5-7H2,1-4H3/t8?,9-,10-/m0/s1. The van der Waals surface area contributed by atoms with Crippen molar-refractivity contribution in [2.45, 2.75) is 45.6 Å². The molecule has 1 heteroatoms. The van der Waals surface area contributed by atoms with E-state index in [0.717, 1.165) is 11.8 Å². The van der Waals surface area contributed by atoms with Crippen molar-refractivity contribution >= 4 is 0 Å². The van der Waals surface area contributed by atoms with Crippen molar-refractivity contribution in [3.05, 3.63) is 0 Å². The summed E-state index contributed by atoms with van der Waals surface area (Å²) in [5.41, 5.74) is 1.10. The Morgan fingerprint density at radius 1 is 1.25 bits per heavy atom. The first kappa shape index (κ1) is 8.55. The second-order valence-electron chi connectivity index (χ2n) is 5.20. The van der Waals surface area contributed by atoms with Gasteiger partial charge in [-0.15, -0.1) is 0 Å². The van der Waals surface area contributed by atoms with Gasteiger partial charge in [-0.25, -0.2) is 0 Å². The summed E-state index contributed by atoms with van der Waals surface area (Å²) < 4.78 is 0. The van der Waals surface area contributed by atoms with E-state index in [1.54, 1.807) is 0 Å². The van der Waals surface area contributed by atoms with Crippen molar-refractivity contribution in [2.75, 3.05) is 7.05 Å². The molecule has 2 rings (SSSR count). The Balaban J connectivity index is 2.29. The fourth-order valence-electron chi connectivity index (χ4n) is 3.42. The summed E-state index contributed by atoms with van der Waals surface area (Å²) in [6, 6.07) is 0. The van der Waals surface area contributed by atoms with Gasteiger partial charge in [-0.05, 0) is 50.5 Å². The quantitative estimate of drug-likeness (QED) is 0.632. The van der Waals surface area contributed by atoms with E-state index in [1.807, 2.05) is 0 Å². The predicted molar refractivity (Wildman–Crippen MR) is 52.1 cm³/mol. The van der Waals surface area contributed by atoms with Crippen molar-refractivity contribution in [3.8, 4) is 0 Å². The zero-order chi connectivity index (χ0) is 8.98. The van der Waals surface area contributed by atoms with Crippen LogP contribution in [0.15, 0.2) is 0 Å². The van der Waals surface area contributed by atoms with Gasteiger partial charge in [0.25, 0.3) is 0 Å². The Bertz CT molecular complexity index is 195. The van der Waals surface area contributed by atoms with Crippen molar-refractivity contribution < 1.29 is 0 Å². The van der Waals surface area contributed by atoms with Crippen molar-refractivity contribution in [3.63, 3.8) is 0 Å². The number of hydrogen-bond acceptors (Lipinski definition) is 1. The van der Waals surface area contributed by atoms with Crippen LogP contribution in [0.3, 0.4) is 0 Å². The van der Waals surface area contributed by atoms with Crippen molar-refractivity contribution in [1.29, 1.82) is 0 Å². The number of rotatable bonds is 1. The maximum atomic E-state index is 3.57. The largest absolute Gasteiger partial charge is 0.314 e. The normalized spacial score (nSPS) is 50.0. The molecule has 0 aromatic rings. The number of hydrogen-bond donors (Lipinski definition) is 1. The van der Waals surface area contributed by atoms with E-state index in [4.69, 9.17) is 0 Å². The van der Waals surface area contributed by atoms with Gasteiger partial charge in [-0.1, -0.05) is 13.8 Å². The highest BCUT2D eigenvalue weighted by Crippen LogP contribution is 2.66. The highest BCUT2D eigenvalue weighted by molar-refractivity contribution is 5.17. The van der Waals surface area contributed by atoms with Crippen LogP contribution in [0.1, 0.15) is 40.0 Å². The average Bonchev–Trinajstić information content (AvgIpc) is 2.79. The summed E-state index contributed by atoms with van der Waals surface area (Å²) in [5, 5.41) is 3.57. The topological polar surface area (TPSA) is 12.0 Å². The zero-order valence-corrected chi connectivity index (χ0v) is 8.78. The van der Waals surface area contributed by atoms with Gasteiger partial charge in [0.1, 0.15) is 0 Å². The molecule has 2 fully saturated rings. The summed E-state index contributed by atoms with van der Waals surface area (Å²) in [4.78, 5) is 0. The summed E-state index contributed by atoms with van der Waals surface area (Å²) >= 11 is 0. The minimum Gasteiger partial charge on any atom is -0.314 e. The van der Waals surface area contributed by atoms with E-state index in [1.165, 1.54) is 19.3 Å². The van der Waals surface area contributed by atoms with E-state index < -0.39 is 0 Å². The monoisotopic (exact) mass is 167 g/mol. The molecule has 0 amide bonds. The zero-order valence-electron chi connectivity index (χ0n) is 8.78. The smallest absolute Gasteiger partial charge is 0.0234 e. The lowest BCUT2D eigenvalue weighted by Crippen LogP contribution is -2.49. The Morgan fingerprint density at radius 3 is 2.17 bits per heavy atom. The molecule has 2 saturated carbocycles. The average molecular weight is 167 g/mol. The molecule has 3 atom stereocenters. The van der Waals surface area contributed by atoms with Crippen LogP contribution in [0.25, 0.3) is 0 Å². The summed E-state index contributed by atoms with van der Waals surface area (Å²) in [7, 11) is 2.13. The lowest BCUT2D eigenvalue weighted by atomic mass is 9.80. The van der Waals surface area contributed by atoms with E-state index >= 15 is 0 Å². The SMILES string of the molecule is CN[C@@]1(C)[C@@H](C)C(C)CC12CC2. The molecule has 2 aliphatic rings. The summed E-state index contributed by atoms with van der Waals surface area (Å²) in [6.45, 7) is 7.25. The first-order chi connectivity index (χ1) is 5.56. The highest BCUT2D eigenvalue weighted by Gasteiger charge is 2.63. The van der Waals surface area contributed by atoms with Crippen LogP contribution < -0.4 is 5.32 Å². The van der Waals surface area contributed by atoms with Gasteiger partial charge in [0.15, 0.2) is 0 Å². The molecule has 2 aliphatic carbocycles. The molecule has 0 radical (unpaired) electrons. The fourth-order valence-corrected chi connectivity index (χ4v) is 3.42. The molecular formula is C11H21N. The van der Waals surface area contributed by atoms with Crippen molar-refractivity contribution in [2.24, 2.45) is 17.3 Å². The maximum absolute atomic E-state index is 3.57. The van der Waals surface area contributed by atoms with Gasteiger partial charge in [0, 0.05) is 5.54 Å². The van der Waals surface area contributed by atoms with Crippen LogP contribution in [0.5, 0.6) is 0 Å². The van der Waals surface area contributed by atoms with Gasteiger partial charge in [-0.2, -0.15) is 0 Å². The minimum atomic E-state index is 0.423. The Labute approximate surface area is 75.9 Å². The third kappa shape index (κ3) is 0.783. The lowest BCUT2D eigenvalue weighted by molar-refractivity contribution is 0.206. The van der Waals surface area contributed by atoms with Crippen molar-refractivity contribution in [1.82, 2.24) is 5.32 Å². The van der Waals surface area contributed by atoms with Crippen LogP contribution in [0, 0.1) is 17.3 Å². The summed E-state index contributed by atoms with van der Waals surface area (Å²) in [5.74, 6) is 1.75. The fraction of sp³-hybridized carbons (Fsp3) is 1.00. The molecule has 0 aromatic heterocycles. The van der Waals surface area contributed by atoms with E-state index in [0.29, 0.717) is 11.0 Å². The van der Waals surface area contributed by atoms with Gasteiger partial charge >= 0.3 is 0 Å². The first-order valence-electron chi connectivity index (χ1n) is 5.25. The highest BCUT2D eigenvalue weighted by atomic mass is 15.0. The Kier molecular flexibility index (Phi) is 1.61. The van der Waals surface area contributed by atoms with Gasteiger partial charge < -0.3 is 5.32 Å². The second kappa shape index (κ2) is 2.25. The summed E-state index contributed by atoms with van der Waals surface area (Å²) in [6.07, 6.45) is 4.36. The molecule has 1 spiro atoms. The lowest BCUT2D eigenvalue weighted by Gasteiger charge is -2.36.